The molecule has 1 N–H and O–H groups in total. The maximum absolute atomic E-state index is 12.9. The number of H-pyrrole nitrogens is 1. The molecular weight excluding hydrogens is 346 g/mol. The lowest BCUT2D eigenvalue weighted by atomic mass is 9.93. The van der Waals surface area contributed by atoms with Crippen LogP contribution >= 0.6 is 0 Å². The summed E-state index contributed by atoms with van der Waals surface area (Å²) in [7, 11) is 0. The Balaban J connectivity index is 1.27. The first-order valence-electron chi connectivity index (χ1n) is 10.1. The van der Waals surface area contributed by atoms with E-state index in [0.29, 0.717) is 12.5 Å². The van der Waals surface area contributed by atoms with Crippen LogP contribution in [0.5, 0.6) is 0 Å². The molecule has 4 nitrogen and oxygen atoms in total. The van der Waals surface area contributed by atoms with E-state index in [-0.39, 0.29) is 5.91 Å². The Bertz CT molecular complexity index is 1110. The SMILES string of the molecule is Cc1cc2ccccc2n1CC(=O)N1CCC(c2cc3ccccc3[nH]2)CC1. The standard InChI is InChI=1S/C24H25N3O/c1-17-14-20-7-3-5-9-23(20)27(17)16-24(28)26-12-10-18(11-13-26)22-15-19-6-2-4-8-21(19)25-22/h2-9,14-15,18,25H,10-13,16H2,1H3. The molecule has 2 aromatic heterocycles. The lowest BCUT2D eigenvalue weighted by molar-refractivity contribution is -0.132. The van der Waals surface area contributed by atoms with Crippen molar-refractivity contribution in [2.24, 2.45) is 0 Å². The zero-order valence-corrected chi connectivity index (χ0v) is 16.2. The predicted octanol–water partition coefficient (Wildman–Crippen LogP) is 4.84. The molecule has 28 heavy (non-hydrogen) atoms. The number of hydrogen-bond donors (Lipinski definition) is 1. The van der Waals surface area contributed by atoms with Gasteiger partial charge in [-0.15, -0.1) is 0 Å². The number of fused-ring (bicyclic) bond motifs is 2. The summed E-state index contributed by atoms with van der Waals surface area (Å²) in [6, 6.07) is 21.1. The van der Waals surface area contributed by atoms with Crippen LogP contribution in [0.2, 0.25) is 0 Å². The highest BCUT2D eigenvalue weighted by Gasteiger charge is 2.25. The van der Waals surface area contributed by atoms with Crippen LogP contribution in [0.15, 0.2) is 60.7 Å². The van der Waals surface area contributed by atoms with Crippen molar-refractivity contribution >= 4 is 27.7 Å². The van der Waals surface area contributed by atoms with Crippen LogP contribution in [0.3, 0.4) is 0 Å². The van der Waals surface area contributed by atoms with E-state index in [1.807, 2.05) is 17.0 Å². The van der Waals surface area contributed by atoms with Gasteiger partial charge in [-0.05, 0) is 54.8 Å². The Labute approximate surface area is 164 Å². The highest BCUT2D eigenvalue weighted by atomic mass is 16.2. The van der Waals surface area contributed by atoms with Crippen LogP contribution in [0.1, 0.15) is 30.1 Å². The quantitative estimate of drug-likeness (QED) is 0.550. The lowest BCUT2D eigenvalue weighted by Gasteiger charge is -2.32. The fourth-order valence-electron chi connectivity index (χ4n) is 4.55. The number of rotatable bonds is 3. The first-order chi connectivity index (χ1) is 13.7. The zero-order valence-electron chi connectivity index (χ0n) is 16.2. The van der Waals surface area contributed by atoms with Crippen molar-refractivity contribution in [3.63, 3.8) is 0 Å². The van der Waals surface area contributed by atoms with Gasteiger partial charge in [-0.2, -0.15) is 0 Å². The molecule has 0 atom stereocenters. The number of para-hydroxylation sites is 2. The van der Waals surface area contributed by atoms with E-state index in [1.165, 1.54) is 22.0 Å². The second-order valence-electron chi connectivity index (χ2n) is 7.90. The van der Waals surface area contributed by atoms with Crippen molar-refractivity contribution in [1.29, 1.82) is 0 Å². The third-order valence-electron chi connectivity index (χ3n) is 6.15. The Morgan fingerprint density at radius 2 is 1.71 bits per heavy atom. The second-order valence-corrected chi connectivity index (χ2v) is 7.90. The molecule has 0 unspecified atom stereocenters. The highest BCUT2D eigenvalue weighted by Crippen LogP contribution is 2.30. The smallest absolute Gasteiger partial charge is 0.242 e. The molecule has 0 radical (unpaired) electrons. The summed E-state index contributed by atoms with van der Waals surface area (Å²) in [6.07, 6.45) is 2.04. The van der Waals surface area contributed by atoms with Gasteiger partial charge in [0.25, 0.3) is 0 Å². The monoisotopic (exact) mass is 371 g/mol. The highest BCUT2D eigenvalue weighted by molar-refractivity contribution is 5.84. The van der Waals surface area contributed by atoms with Gasteiger partial charge >= 0.3 is 0 Å². The number of benzene rings is 2. The number of piperidine rings is 1. The maximum atomic E-state index is 12.9. The van der Waals surface area contributed by atoms with E-state index in [4.69, 9.17) is 0 Å². The lowest BCUT2D eigenvalue weighted by Crippen LogP contribution is -2.39. The van der Waals surface area contributed by atoms with Gasteiger partial charge in [0.2, 0.25) is 5.91 Å². The van der Waals surface area contributed by atoms with Gasteiger partial charge in [-0.1, -0.05) is 36.4 Å². The average molecular weight is 371 g/mol. The van der Waals surface area contributed by atoms with Crippen molar-refractivity contribution < 1.29 is 4.79 Å². The van der Waals surface area contributed by atoms with Gasteiger partial charge in [-0.25, -0.2) is 0 Å². The largest absolute Gasteiger partial charge is 0.358 e. The van der Waals surface area contributed by atoms with Gasteiger partial charge in [0.05, 0.1) is 0 Å². The number of nitrogens with zero attached hydrogens (tertiary/aromatic N) is 2. The van der Waals surface area contributed by atoms with Gasteiger partial charge in [-0.3, -0.25) is 4.79 Å². The number of aryl methyl sites for hydroxylation is 1. The van der Waals surface area contributed by atoms with Crippen molar-refractivity contribution in [2.45, 2.75) is 32.2 Å². The zero-order chi connectivity index (χ0) is 19.1. The number of aromatic amines is 1. The molecule has 1 amide bonds. The van der Waals surface area contributed by atoms with Gasteiger partial charge in [0.1, 0.15) is 6.54 Å². The molecule has 0 spiro atoms. The van der Waals surface area contributed by atoms with E-state index in [1.54, 1.807) is 0 Å². The maximum Gasteiger partial charge on any atom is 0.242 e. The first kappa shape index (κ1) is 17.1. The molecule has 0 bridgehead atoms. The average Bonchev–Trinajstić information content (AvgIpc) is 3.29. The summed E-state index contributed by atoms with van der Waals surface area (Å²) in [5.74, 6) is 0.727. The second kappa shape index (κ2) is 6.86. The summed E-state index contributed by atoms with van der Waals surface area (Å²) in [4.78, 5) is 18.5. The summed E-state index contributed by atoms with van der Waals surface area (Å²) >= 11 is 0. The van der Waals surface area contributed by atoms with Crippen LogP contribution in [0, 0.1) is 6.92 Å². The molecule has 4 aromatic rings. The topological polar surface area (TPSA) is 41.0 Å². The van der Waals surface area contributed by atoms with Crippen molar-refractivity contribution in [3.8, 4) is 0 Å². The molecule has 4 heteroatoms. The Morgan fingerprint density at radius 3 is 2.50 bits per heavy atom. The van der Waals surface area contributed by atoms with Crippen LogP contribution < -0.4 is 0 Å². The summed E-state index contributed by atoms with van der Waals surface area (Å²) in [6.45, 7) is 4.17. The molecule has 2 aromatic carbocycles. The fourth-order valence-corrected chi connectivity index (χ4v) is 4.55. The number of nitrogens with one attached hydrogen (secondary N) is 1. The molecule has 0 saturated carbocycles. The molecule has 1 aliphatic rings. The number of carbonyl (C=O) groups excluding carboxylic acids is 1. The number of carbonyl (C=O) groups is 1. The molecule has 142 valence electrons. The molecule has 0 aliphatic carbocycles. The molecule has 5 rings (SSSR count). The normalized spacial score (nSPS) is 15.5. The Kier molecular flexibility index (Phi) is 4.19. The van der Waals surface area contributed by atoms with Gasteiger partial charge < -0.3 is 14.5 Å². The van der Waals surface area contributed by atoms with E-state index in [9.17, 15) is 4.79 Å². The number of amides is 1. The van der Waals surface area contributed by atoms with Gasteiger partial charge in [0.15, 0.2) is 0 Å². The predicted molar refractivity (Wildman–Crippen MR) is 114 cm³/mol. The first-order valence-corrected chi connectivity index (χ1v) is 10.1. The van der Waals surface area contributed by atoms with Crippen LogP contribution in [-0.4, -0.2) is 33.4 Å². The third-order valence-corrected chi connectivity index (χ3v) is 6.15. The molecule has 1 fully saturated rings. The van der Waals surface area contributed by atoms with E-state index in [0.717, 1.165) is 37.1 Å². The van der Waals surface area contributed by atoms with Crippen LogP contribution in [-0.2, 0) is 11.3 Å². The summed E-state index contributed by atoms with van der Waals surface area (Å²) < 4.78 is 2.14. The number of hydrogen-bond acceptors (Lipinski definition) is 1. The Morgan fingerprint density at radius 1 is 1.00 bits per heavy atom. The minimum atomic E-state index is 0.222. The minimum absolute atomic E-state index is 0.222. The van der Waals surface area contributed by atoms with Crippen LogP contribution in [0.4, 0.5) is 0 Å². The molecule has 3 heterocycles. The molecule has 1 saturated heterocycles. The van der Waals surface area contributed by atoms with E-state index >= 15 is 0 Å². The molecular formula is C24H25N3O. The van der Waals surface area contributed by atoms with Crippen LogP contribution in [0.25, 0.3) is 21.8 Å². The van der Waals surface area contributed by atoms with E-state index in [2.05, 4.69) is 65.0 Å². The fraction of sp³-hybridized carbons (Fsp3) is 0.292. The molecule has 1 aliphatic heterocycles. The summed E-state index contributed by atoms with van der Waals surface area (Å²) in [5.41, 5.74) is 4.79. The summed E-state index contributed by atoms with van der Waals surface area (Å²) in [5, 5.41) is 2.47. The van der Waals surface area contributed by atoms with Crippen molar-refractivity contribution in [3.05, 3.63) is 72.1 Å². The number of likely N-dealkylation sites (tertiary alicyclic amines) is 1. The third kappa shape index (κ3) is 2.99. The van der Waals surface area contributed by atoms with Gasteiger partial charge in [0, 0.05) is 41.4 Å². The minimum Gasteiger partial charge on any atom is -0.358 e. The van der Waals surface area contributed by atoms with E-state index < -0.39 is 0 Å². The van der Waals surface area contributed by atoms with Crippen molar-refractivity contribution in [2.75, 3.05) is 13.1 Å². The number of aromatic nitrogens is 2. The van der Waals surface area contributed by atoms with Crippen molar-refractivity contribution in [1.82, 2.24) is 14.5 Å². The Hall–Kier alpha value is -3.01.